The van der Waals surface area contributed by atoms with E-state index in [1.165, 1.54) is 11.9 Å². The molecule has 0 unspecified atom stereocenters. The summed E-state index contributed by atoms with van der Waals surface area (Å²) in [4.78, 5) is 10.7. The Kier molecular flexibility index (Phi) is 4.04. The lowest BCUT2D eigenvalue weighted by atomic mass is 10.4. The van der Waals surface area contributed by atoms with Crippen LogP contribution in [-0.4, -0.2) is 18.3 Å². The molecule has 1 amide bonds. The minimum atomic E-state index is -0.154. The van der Waals surface area contributed by atoms with Crippen molar-refractivity contribution in [3.8, 4) is 0 Å². The highest BCUT2D eigenvalue weighted by molar-refractivity contribution is 8.00. The summed E-state index contributed by atoms with van der Waals surface area (Å²) < 4.78 is 3.03. The summed E-state index contributed by atoms with van der Waals surface area (Å²) >= 11 is 6.78. The van der Waals surface area contributed by atoms with Crippen molar-refractivity contribution in [1.29, 1.82) is 0 Å². The van der Waals surface area contributed by atoms with Gasteiger partial charge in [-0.1, -0.05) is 6.08 Å². The first-order chi connectivity index (χ1) is 5.83. The van der Waals surface area contributed by atoms with E-state index in [9.17, 15) is 4.79 Å². The van der Waals surface area contributed by atoms with E-state index < -0.39 is 0 Å². The minimum Gasteiger partial charge on any atom is -0.349 e. The van der Waals surface area contributed by atoms with Gasteiger partial charge in [0.05, 0.1) is 6.54 Å². The van der Waals surface area contributed by atoms with E-state index in [-0.39, 0.29) is 11.8 Å². The maximum Gasteiger partial charge on any atom is 0.235 e. The Hall–Kier alpha value is -0.610. The maximum atomic E-state index is 10.7. The molecule has 0 aromatic heterocycles. The van der Waals surface area contributed by atoms with Crippen LogP contribution in [0.25, 0.3) is 0 Å². The third kappa shape index (κ3) is 3.19. The highest BCUT2D eigenvalue weighted by Crippen LogP contribution is 2.06. The fraction of sp³-hybridized carbons (Fsp3) is 0.286. The molecule has 0 fully saturated rings. The van der Waals surface area contributed by atoms with Crippen molar-refractivity contribution in [3.05, 3.63) is 23.3 Å². The van der Waals surface area contributed by atoms with Gasteiger partial charge in [-0.05, 0) is 23.4 Å². The van der Waals surface area contributed by atoms with Gasteiger partial charge < -0.3 is 10.0 Å². The molecule has 1 aliphatic rings. The van der Waals surface area contributed by atoms with Crippen molar-refractivity contribution in [1.82, 2.24) is 10.0 Å². The van der Waals surface area contributed by atoms with Crippen molar-refractivity contribution in [3.63, 3.8) is 0 Å². The molecule has 0 bridgehead atoms. The van der Waals surface area contributed by atoms with Crippen LogP contribution in [0.15, 0.2) is 23.3 Å². The molecule has 2 N–H and O–H groups in total. The van der Waals surface area contributed by atoms with Crippen LogP contribution in [-0.2, 0) is 4.79 Å². The van der Waals surface area contributed by atoms with Crippen molar-refractivity contribution >= 4 is 29.5 Å². The van der Waals surface area contributed by atoms with Crippen LogP contribution in [0.5, 0.6) is 0 Å². The molecule has 1 heterocycles. The maximum absolute atomic E-state index is 10.7. The van der Waals surface area contributed by atoms with Crippen LogP contribution >= 0.6 is 23.5 Å². The quantitative estimate of drug-likeness (QED) is 0.532. The Balaban J connectivity index is 2.27. The van der Waals surface area contributed by atoms with Gasteiger partial charge in [-0.15, -0.1) is 11.6 Å². The highest BCUT2D eigenvalue weighted by Gasteiger charge is 2.01. The van der Waals surface area contributed by atoms with Crippen LogP contribution in [0.4, 0.5) is 0 Å². The van der Waals surface area contributed by atoms with E-state index in [4.69, 9.17) is 11.6 Å². The molecule has 0 spiro atoms. The van der Waals surface area contributed by atoms with Crippen molar-refractivity contribution in [2.24, 2.45) is 0 Å². The first kappa shape index (κ1) is 9.48. The molecule has 0 radical (unpaired) electrons. The molecule has 1 rings (SSSR count). The first-order valence-electron chi connectivity index (χ1n) is 3.43. The predicted molar refractivity (Wildman–Crippen MR) is 51.7 cm³/mol. The SMILES string of the molecule is O=C(CCl)NCC1=CC=CSN1. The third-order valence-corrected chi connectivity index (χ3v) is 2.15. The average molecular weight is 205 g/mol. The largest absolute Gasteiger partial charge is 0.349 e. The minimum absolute atomic E-state index is 0.0102. The summed E-state index contributed by atoms with van der Waals surface area (Å²) in [5.74, 6) is -0.144. The number of rotatable bonds is 3. The molecule has 66 valence electrons. The van der Waals surface area contributed by atoms with E-state index in [1.54, 1.807) is 0 Å². The number of allylic oxidation sites excluding steroid dienone is 2. The molecule has 0 atom stereocenters. The van der Waals surface area contributed by atoms with E-state index in [2.05, 4.69) is 10.0 Å². The molecular formula is C7H9ClN2OS. The van der Waals surface area contributed by atoms with Crippen LogP contribution in [0.2, 0.25) is 0 Å². The van der Waals surface area contributed by atoms with E-state index in [0.717, 1.165) is 5.70 Å². The molecule has 0 aliphatic carbocycles. The topological polar surface area (TPSA) is 41.1 Å². The number of halogens is 1. The monoisotopic (exact) mass is 204 g/mol. The molecule has 0 aromatic rings. The summed E-state index contributed by atoms with van der Waals surface area (Å²) in [5.41, 5.74) is 0.973. The van der Waals surface area contributed by atoms with Gasteiger partial charge in [0.2, 0.25) is 5.91 Å². The number of nitrogens with one attached hydrogen (secondary N) is 2. The number of amides is 1. The second-order valence-electron chi connectivity index (χ2n) is 2.15. The Morgan fingerprint density at radius 3 is 3.17 bits per heavy atom. The summed E-state index contributed by atoms with van der Waals surface area (Å²) in [6.07, 6.45) is 3.83. The number of carbonyl (C=O) groups is 1. The second kappa shape index (κ2) is 5.11. The van der Waals surface area contributed by atoms with Gasteiger partial charge in [0.15, 0.2) is 0 Å². The number of alkyl halides is 1. The lowest BCUT2D eigenvalue weighted by Gasteiger charge is -2.10. The van der Waals surface area contributed by atoms with Gasteiger partial charge in [0.1, 0.15) is 5.88 Å². The highest BCUT2D eigenvalue weighted by atomic mass is 35.5. The van der Waals surface area contributed by atoms with Crippen molar-refractivity contribution in [2.45, 2.75) is 0 Å². The molecular weight excluding hydrogens is 196 g/mol. The van der Waals surface area contributed by atoms with Gasteiger partial charge in [0, 0.05) is 5.70 Å². The molecule has 3 nitrogen and oxygen atoms in total. The molecule has 1 aliphatic heterocycles. The van der Waals surface area contributed by atoms with Gasteiger partial charge in [-0.3, -0.25) is 4.79 Å². The van der Waals surface area contributed by atoms with Crippen molar-refractivity contribution in [2.75, 3.05) is 12.4 Å². The summed E-state index contributed by atoms with van der Waals surface area (Å²) in [6.45, 7) is 0.503. The second-order valence-corrected chi connectivity index (χ2v) is 3.13. The number of hydrogen-bond donors (Lipinski definition) is 2. The van der Waals surface area contributed by atoms with Gasteiger partial charge in [0.25, 0.3) is 0 Å². The molecule has 0 saturated carbocycles. The van der Waals surface area contributed by atoms with Gasteiger partial charge in [-0.2, -0.15) is 0 Å². The summed E-state index contributed by atoms with van der Waals surface area (Å²) in [7, 11) is 0. The number of carbonyl (C=O) groups excluding carboxylic acids is 1. The zero-order valence-electron chi connectivity index (χ0n) is 6.34. The molecule has 0 saturated heterocycles. The van der Waals surface area contributed by atoms with Gasteiger partial charge >= 0.3 is 0 Å². The zero-order valence-corrected chi connectivity index (χ0v) is 7.91. The van der Waals surface area contributed by atoms with Crippen LogP contribution < -0.4 is 10.0 Å². The average Bonchev–Trinajstić information content (AvgIpc) is 2.16. The third-order valence-electron chi connectivity index (χ3n) is 1.23. The Morgan fingerprint density at radius 2 is 2.58 bits per heavy atom. The summed E-state index contributed by atoms with van der Waals surface area (Å²) in [6, 6.07) is 0. The fourth-order valence-corrected chi connectivity index (χ4v) is 1.29. The normalized spacial score (nSPS) is 14.9. The van der Waals surface area contributed by atoms with E-state index in [0.29, 0.717) is 6.54 Å². The Morgan fingerprint density at radius 1 is 1.75 bits per heavy atom. The van der Waals surface area contributed by atoms with E-state index in [1.807, 2.05) is 17.6 Å². The molecule has 5 heteroatoms. The molecule has 12 heavy (non-hydrogen) atoms. The number of hydrogen-bond acceptors (Lipinski definition) is 3. The van der Waals surface area contributed by atoms with Crippen LogP contribution in [0.1, 0.15) is 0 Å². The Bertz CT molecular complexity index is 227. The first-order valence-corrected chi connectivity index (χ1v) is 4.84. The predicted octanol–water partition coefficient (Wildman–Crippen LogP) is 0.990. The Labute approximate surface area is 80.4 Å². The lowest BCUT2D eigenvalue weighted by molar-refractivity contribution is -0.118. The standard InChI is InChI=1S/C7H9ClN2OS/c8-4-7(11)9-5-6-2-1-3-12-10-6/h1-3,10H,4-5H2,(H,9,11). The van der Waals surface area contributed by atoms with E-state index >= 15 is 0 Å². The smallest absolute Gasteiger partial charge is 0.235 e. The van der Waals surface area contributed by atoms with Crippen LogP contribution in [0.3, 0.4) is 0 Å². The molecule has 0 aromatic carbocycles. The zero-order chi connectivity index (χ0) is 8.81. The lowest BCUT2D eigenvalue weighted by Crippen LogP contribution is -2.29. The van der Waals surface area contributed by atoms with Gasteiger partial charge in [-0.25, -0.2) is 0 Å². The van der Waals surface area contributed by atoms with Crippen LogP contribution in [0, 0.1) is 0 Å². The fourth-order valence-electron chi connectivity index (χ4n) is 0.675. The summed E-state index contributed by atoms with van der Waals surface area (Å²) in [5, 5.41) is 4.58. The van der Waals surface area contributed by atoms with Crippen molar-refractivity contribution < 1.29 is 4.79 Å².